The van der Waals surface area contributed by atoms with Crippen molar-refractivity contribution in [2.75, 3.05) is 32.8 Å². The molecule has 1 saturated heterocycles. The third kappa shape index (κ3) is 5.06. The average molecular weight is 370 g/mol. The van der Waals surface area contributed by atoms with E-state index in [-0.39, 0.29) is 24.2 Å². The van der Waals surface area contributed by atoms with Crippen LogP contribution in [0.3, 0.4) is 0 Å². The minimum atomic E-state index is -0.368. The molecule has 27 heavy (non-hydrogen) atoms. The molecule has 1 heterocycles. The summed E-state index contributed by atoms with van der Waals surface area (Å²) in [5.41, 5.74) is 1.53. The van der Waals surface area contributed by atoms with Crippen LogP contribution in [0, 0.1) is 12.7 Å². The quantitative estimate of drug-likeness (QED) is 0.832. The number of hydrogen-bond donors (Lipinski definition) is 0. The van der Waals surface area contributed by atoms with Crippen LogP contribution in [-0.4, -0.2) is 54.4 Å². The van der Waals surface area contributed by atoms with Crippen molar-refractivity contribution in [3.8, 4) is 5.75 Å². The summed E-state index contributed by atoms with van der Waals surface area (Å²) in [5, 5.41) is 0. The maximum absolute atomic E-state index is 13.0. The van der Waals surface area contributed by atoms with Crippen LogP contribution in [0.1, 0.15) is 22.3 Å². The van der Waals surface area contributed by atoms with E-state index in [9.17, 15) is 14.0 Å². The number of rotatable bonds is 4. The lowest BCUT2D eigenvalue weighted by Crippen LogP contribution is -2.39. The van der Waals surface area contributed by atoms with E-state index in [2.05, 4.69) is 0 Å². The van der Waals surface area contributed by atoms with Gasteiger partial charge in [0.2, 0.25) is 0 Å². The normalized spacial score (nSPS) is 14.6. The number of halogens is 1. The molecule has 2 aromatic rings. The molecule has 0 aromatic heterocycles. The molecule has 0 spiro atoms. The average Bonchev–Trinajstić information content (AvgIpc) is 2.92. The van der Waals surface area contributed by atoms with Crippen molar-refractivity contribution in [2.45, 2.75) is 13.3 Å². The Kier molecular flexibility index (Phi) is 6.06. The molecule has 6 heteroatoms. The summed E-state index contributed by atoms with van der Waals surface area (Å²) < 4.78 is 18.6. The second-order valence-electron chi connectivity index (χ2n) is 6.64. The second-order valence-corrected chi connectivity index (χ2v) is 6.64. The van der Waals surface area contributed by atoms with Gasteiger partial charge in [-0.25, -0.2) is 4.39 Å². The third-order valence-electron chi connectivity index (χ3n) is 4.58. The minimum absolute atomic E-state index is 0.0185. The van der Waals surface area contributed by atoms with E-state index in [0.29, 0.717) is 43.9 Å². The summed E-state index contributed by atoms with van der Waals surface area (Å²) in [6.45, 7) is 4.02. The van der Waals surface area contributed by atoms with Crippen molar-refractivity contribution in [2.24, 2.45) is 0 Å². The molecular weight excluding hydrogens is 347 g/mol. The van der Waals surface area contributed by atoms with Crippen LogP contribution in [0.25, 0.3) is 0 Å². The minimum Gasteiger partial charge on any atom is -0.484 e. The highest BCUT2D eigenvalue weighted by molar-refractivity contribution is 5.94. The molecule has 5 nitrogen and oxygen atoms in total. The van der Waals surface area contributed by atoms with Crippen molar-refractivity contribution in [3.05, 3.63) is 65.5 Å². The lowest BCUT2D eigenvalue weighted by Gasteiger charge is -2.22. The molecule has 0 aliphatic carbocycles. The lowest BCUT2D eigenvalue weighted by molar-refractivity contribution is -0.133. The molecule has 0 atom stereocenters. The molecule has 1 aliphatic rings. The van der Waals surface area contributed by atoms with Crippen molar-refractivity contribution in [1.29, 1.82) is 0 Å². The summed E-state index contributed by atoms with van der Waals surface area (Å²) in [6.07, 6.45) is 0.698. The number of carbonyl (C=O) groups is 2. The van der Waals surface area contributed by atoms with Crippen molar-refractivity contribution >= 4 is 11.8 Å². The van der Waals surface area contributed by atoms with Gasteiger partial charge in [-0.1, -0.05) is 12.1 Å². The molecule has 0 radical (unpaired) electrons. The molecule has 0 unspecified atom stereocenters. The van der Waals surface area contributed by atoms with Gasteiger partial charge in [0, 0.05) is 31.7 Å². The van der Waals surface area contributed by atoms with Gasteiger partial charge in [0.25, 0.3) is 11.8 Å². The summed E-state index contributed by atoms with van der Waals surface area (Å²) in [4.78, 5) is 28.4. The first-order valence-corrected chi connectivity index (χ1v) is 9.05. The Hall–Kier alpha value is -2.89. The monoisotopic (exact) mass is 370 g/mol. The van der Waals surface area contributed by atoms with E-state index < -0.39 is 0 Å². The van der Waals surface area contributed by atoms with Crippen LogP contribution in [0.2, 0.25) is 0 Å². The number of nitrogens with zero attached hydrogens (tertiary/aromatic N) is 2. The Morgan fingerprint density at radius 1 is 1.00 bits per heavy atom. The Labute approximate surface area is 158 Å². The molecular formula is C21H23FN2O3. The fourth-order valence-electron chi connectivity index (χ4n) is 3.09. The Balaban J connectivity index is 1.53. The first-order chi connectivity index (χ1) is 13.0. The van der Waals surface area contributed by atoms with E-state index in [1.165, 1.54) is 24.3 Å². The standard InChI is InChI=1S/C21H23FN2O3/c1-16-4-2-5-19(14-16)27-15-20(25)23-10-3-11-24(13-12-23)21(26)17-6-8-18(22)9-7-17/h2,4-9,14H,3,10-13,15H2,1H3. The maximum Gasteiger partial charge on any atom is 0.260 e. The number of ether oxygens (including phenoxy) is 1. The SMILES string of the molecule is Cc1cccc(OCC(=O)N2CCCN(C(=O)c3ccc(F)cc3)CC2)c1. The number of hydrogen-bond acceptors (Lipinski definition) is 3. The molecule has 0 bridgehead atoms. The third-order valence-corrected chi connectivity index (χ3v) is 4.58. The molecule has 0 saturated carbocycles. The van der Waals surface area contributed by atoms with E-state index in [0.717, 1.165) is 5.56 Å². The molecule has 1 fully saturated rings. The summed E-state index contributed by atoms with van der Waals surface area (Å²) in [7, 11) is 0. The smallest absolute Gasteiger partial charge is 0.260 e. The zero-order valence-corrected chi connectivity index (χ0v) is 15.4. The first kappa shape index (κ1) is 18.9. The van der Waals surface area contributed by atoms with Gasteiger partial charge in [0.05, 0.1) is 0 Å². The summed E-state index contributed by atoms with van der Waals surface area (Å²) in [5.74, 6) is 0.0759. The van der Waals surface area contributed by atoms with Crippen molar-refractivity contribution in [1.82, 2.24) is 9.80 Å². The van der Waals surface area contributed by atoms with Gasteiger partial charge < -0.3 is 14.5 Å². The van der Waals surface area contributed by atoms with Crippen molar-refractivity contribution in [3.63, 3.8) is 0 Å². The predicted octanol–water partition coefficient (Wildman–Crippen LogP) is 2.89. The fourth-order valence-corrected chi connectivity index (χ4v) is 3.09. The predicted molar refractivity (Wildman–Crippen MR) is 100 cm³/mol. The Bertz CT molecular complexity index is 807. The van der Waals surface area contributed by atoms with Crippen molar-refractivity contribution < 1.29 is 18.7 Å². The first-order valence-electron chi connectivity index (χ1n) is 9.05. The fraction of sp³-hybridized carbons (Fsp3) is 0.333. The number of amides is 2. The van der Waals surface area contributed by atoms with Crippen LogP contribution >= 0.6 is 0 Å². The molecule has 2 amide bonds. The van der Waals surface area contributed by atoms with E-state index in [4.69, 9.17) is 4.74 Å². The number of aryl methyl sites for hydroxylation is 1. The number of benzene rings is 2. The van der Waals surface area contributed by atoms with E-state index in [1.54, 1.807) is 9.80 Å². The van der Waals surface area contributed by atoms with Crippen LogP contribution in [0.15, 0.2) is 48.5 Å². The number of carbonyl (C=O) groups excluding carboxylic acids is 2. The maximum atomic E-state index is 13.0. The molecule has 142 valence electrons. The van der Waals surface area contributed by atoms with Gasteiger partial charge in [0.1, 0.15) is 11.6 Å². The molecule has 2 aromatic carbocycles. The summed E-state index contributed by atoms with van der Waals surface area (Å²) in [6, 6.07) is 13.1. The second kappa shape index (κ2) is 8.66. The highest BCUT2D eigenvalue weighted by Crippen LogP contribution is 2.14. The highest BCUT2D eigenvalue weighted by Gasteiger charge is 2.23. The van der Waals surface area contributed by atoms with Gasteiger partial charge in [-0.3, -0.25) is 9.59 Å². The van der Waals surface area contributed by atoms with Crippen LogP contribution in [0.5, 0.6) is 5.75 Å². The largest absolute Gasteiger partial charge is 0.484 e. The van der Waals surface area contributed by atoms with Crippen LogP contribution in [0.4, 0.5) is 4.39 Å². The van der Waals surface area contributed by atoms with E-state index in [1.807, 2.05) is 31.2 Å². The molecule has 3 rings (SSSR count). The zero-order chi connectivity index (χ0) is 19.2. The molecule has 0 N–H and O–H groups in total. The summed E-state index contributed by atoms with van der Waals surface area (Å²) >= 11 is 0. The van der Waals surface area contributed by atoms with Gasteiger partial charge in [0.15, 0.2) is 6.61 Å². The van der Waals surface area contributed by atoms with Crippen LogP contribution in [-0.2, 0) is 4.79 Å². The Morgan fingerprint density at radius 2 is 1.70 bits per heavy atom. The molecule has 1 aliphatic heterocycles. The topological polar surface area (TPSA) is 49.9 Å². The van der Waals surface area contributed by atoms with Gasteiger partial charge in [-0.15, -0.1) is 0 Å². The van der Waals surface area contributed by atoms with Gasteiger partial charge in [-0.2, -0.15) is 0 Å². The lowest BCUT2D eigenvalue weighted by atomic mass is 10.2. The van der Waals surface area contributed by atoms with Gasteiger partial charge in [-0.05, 0) is 55.3 Å². The highest BCUT2D eigenvalue weighted by atomic mass is 19.1. The van der Waals surface area contributed by atoms with Crippen LogP contribution < -0.4 is 4.74 Å². The van der Waals surface area contributed by atoms with E-state index >= 15 is 0 Å². The van der Waals surface area contributed by atoms with Gasteiger partial charge >= 0.3 is 0 Å². The Morgan fingerprint density at radius 3 is 2.44 bits per heavy atom. The zero-order valence-electron chi connectivity index (χ0n) is 15.4.